The van der Waals surface area contributed by atoms with Gasteiger partial charge in [-0.2, -0.15) is 5.10 Å². The summed E-state index contributed by atoms with van der Waals surface area (Å²) in [4.78, 5) is 24.9. The van der Waals surface area contributed by atoms with E-state index >= 15 is 0 Å². The van der Waals surface area contributed by atoms with Crippen molar-refractivity contribution in [1.82, 2.24) is 14.7 Å². The van der Waals surface area contributed by atoms with Crippen molar-refractivity contribution < 1.29 is 9.72 Å². The van der Waals surface area contributed by atoms with Crippen molar-refractivity contribution in [3.63, 3.8) is 0 Å². The summed E-state index contributed by atoms with van der Waals surface area (Å²) in [5, 5.41) is 17.6. The number of hydrogen-bond donors (Lipinski definition) is 1. The lowest BCUT2D eigenvalue weighted by molar-refractivity contribution is -0.385. The van der Waals surface area contributed by atoms with Crippen molar-refractivity contribution in [3.8, 4) is 0 Å². The van der Waals surface area contributed by atoms with E-state index in [0.29, 0.717) is 11.4 Å². The number of hydrogen-bond acceptors (Lipinski definition) is 5. The number of aromatic nitrogens is 2. The van der Waals surface area contributed by atoms with Gasteiger partial charge in [-0.25, -0.2) is 0 Å². The molecule has 1 amide bonds. The highest BCUT2D eigenvalue weighted by molar-refractivity contribution is 5.90. The summed E-state index contributed by atoms with van der Waals surface area (Å²) in [5.74, 6) is -0.272. The lowest BCUT2D eigenvalue weighted by Crippen LogP contribution is -2.29. The highest BCUT2D eigenvalue weighted by Gasteiger charge is 2.16. The minimum Gasteiger partial charge on any atom is -0.324 e. The number of rotatable bonds is 6. The van der Waals surface area contributed by atoms with E-state index in [4.69, 9.17) is 0 Å². The quantitative estimate of drug-likeness (QED) is 0.634. The van der Waals surface area contributed by atoms with E-state index in [9.17, 15) is 14.9 Å². The fraction of sp³-hybridized carbons (Fsp3) is 0.444. The predicted octanol–water partition coefficient (Wildman–Crippen LogP) is 2.72. The molecule has 0 aliphatic carbocycles. The molecule has 1 saturated heterocycles. The Kier molecular flexibility index (Phi) is 5.62. The maximum absolute atomic E-state index is 12.1. The normalized spacial score (nSPS) is 15.0. The summed E-state index contributed by atoms with van der Waals surface area (Å²) in [6.45, 7) is 4.71. The molecule has 8 heteroatoms. The number of benzene rings is 1. The average molecular weight is 357 g/mol. The zero-order valence-electron chi connectivity index (χ0n) is 14.9. The van der Waals surface area contributed by atoms with Crippen molar-refractivity contribution >= 4 is 17.3 Å². The summed E-state index contributed by atoms with van der Waals surface area (Å²) >= 11 is 0. The largest absolute Gasteiger partial charge is 0.324 e. The second-order valence-electron chi connectivity index (χ2n) is 6.64. The van der Waals surface area contributed by atoms with Crippen LogP contribution >= 0.6 is 0 Å². The van der Waals surface area contributed by atoms with E-state index < -0.39 is 4.92 Å². The van der Waals surface area contributed by atoms with Gasteiger partial charge < -0.3 is 5.32 Å². The van der Waals surface area contributed by atoms with Crippen LogP contribution in [0.4, 0.5) is 11.4 Å². The van der Waals surface area contributed by atoms with E-state index in [-0.39, 0.29) is 18.1 Å². The van der Waals surface area contributed by atoms with Gasteiger partial charge in [-0.15, -0.1) is 0 Å². The first-order valence-corrected chi connectivity index (χ1v) is 8.81. The van der Waals surface area contributed by atoms with Gasteiger partial charge in [0.15, 0.2) is 0 Å². The summed E-state index contributed by atoms with van der Waals surface area (Å²) in [5.41, 5.74) is 2.14. The molecule has 1 aromatic carbocycles. The Hall–Kier alpha value is -2.74. The number of nitro groups is 1. The molecule has 1 aliphatic heterocycles. The minimum atomic E-state index is -0.502. The highest BCUT2D eigenvalue weighted by Crippen LogP contribution is 2.17. The summed E-state index contributed by atoms with van der Waals surface area (Å²) < 4.78 is 1.29. The SMILES string of the molecule is Cc1nn(CC(=O)Nc2ccc(CN3CCCCC3)cc2)cc1[N+](=O)[O-]. The number of aryl methyl sites for hydroxylation is 1. The lowest BCUT2D eigenvalue weighted by Gasteiger charge is -2.26. The molecule has 0 radical (unpaired) electrons. The van der Waals surface area contributed by atoms with E-state index in [1.54, 1.807) is 6.92 Å². The molecule has 3 rings (SSSR count). The van der Waals surface area contributed by atoms with Gasteiger partial charge in [0.1, 0.15) is 18.4 Å². The van der Waals surface area contributed by atoms with Crippen LogP contribution < -0.4 is 5.32 Å². The number of nitrogens with one attached hydrogen (secondary N) is 1. The standard InChI is InChI=1S/C18H23N5O3/c1-14-17(23(25)26)12-22(20-14)13-18(24)19-16-7-5-15(6-8-16)11-21-9-3-2-4-10-21/h5-8,12H,2-4,9-11,13H2,1H3,(H,19,24). The van der Waals surface area contributed by atoms with Crippen LogP contribution in [0.15, 0.2) is 30.5 Å². The van der Waals surface area contributed by atoms with Crippen LogP contribution in [0.2, 0.25) is 0 Å². The van der Waals surface area contributed by atoms with Gasteiger partial charge in [0.2, 0.25) is 5.91 Å². The molecule has 0 spiro atoms. The van der Waals surface area contributed by atoms with Crippen LogP contribution in [-0.2, 0) is 17.9 Å². The van der Waals surface area contributed by atoms with Gasteiger partial charge in [0.25, 0.3) is 0 Å². The van der Waals surface area contributed by atoms with Gasteiger partial charge in [-0.1, -0.05) is 18.6 Å². The second kappa shape index (κ2) is 8.09. The smallest absolute Gasteiger partial charge is 0.309 e. The van der Waals surface area contributed by atoms with E-state index in [1.165, 1.54) is 35.7 Å². The number of carbonyl (C=O) groups excluding carboxylic acids is 1. The predicted molar refractivity (Wildman–Crippen MR) is 97.8 cm³/mol. The Morgan fingerprint density at radius 3 is 2.54 bits per heavy atom. The van der Waals surface area contributed by atoms with Crippen molar-refractivity contribution in [2.75, 3.05) is 18.4 Å². The monoisotopic (exact) mass is 357 g/mol. The van der Waals surface area contributed by atoms with Crippen LogP contribution in [0, 0.1) is 17.0 Å². The number of anilines is 1. The molecule has 0 bridgehead atoms. The molecular formula is C18H23N5O3. The maximum Gasteiger partial charge on any atom is 0.309 e. The first-order valence-electron chi connectivity index (χ1n) is 8.81. The van der Waals surface area contributed by atoms with Crippen molar-refractivity contribution in [2.24, 2.45) is 0 Å². The van der Waals surface area contributed by atoms with Gasteiger partial charge in [0, 0.05) is 12.2 Å². The first kappa shape index (κ1) is 18.1. The summed E-state index contributed by atoms with van der Waals surface area (Å²) in [7, 11) is 0. The Morgan fingerprint density at radius 2 is 1.92 bits per heavy atom. The van der Waals surface area contributed by atoms with Crippen molar-refractivity contribution in [3.05, 3.63) is 51.8 Å². The molecule has 2 aromatic rings. The fourth-order valence-corrected chi connectivity index (χ4v) is 3.18. The molecule has 1 fully saturated rings. The van der Waals surface area contributed by atoms with Crippen LogP contribution in [0.1, 0.15) is 30.5 Å². The Morgan fingerprint density at radius 1 is 1.23 bits per heavy atom. The van der Waals surface area contributed by atoms with Crippen LogP contribution in [0.3, 0.4) is 0 Å². The fourth-order valence-electron chi connectivity index (χ4n) is 3.18. The molecule has 0 atom stereocenters. The van der Waals surface area contributed by atoms with Gasteiger partial charge >= 0.3 is 5.69 Å². The van der Waals surface area contributed by atoms with E-state index in [0.717, 1.165) is 19.6 Å². The lowest BCUT2D eigenvalue weighted by atomic mass is 10.1. The zero-order chi connectivity index (χ0) is 18.5. The third kappa shape index (κ3) is 4.66. The molecule has 2 heterocycles. The minimum absolute atomic E-state index is 0.0653. The number of nitrogens with zero attached hydrogens (tertiary/aromatic N) is 4. The first-order chi connectivity index (χ1) is 12.5. The van der Waals surface area contributed by atoms with Gasteiger partial charge in [0.05, 0.1) is 4.92 Å². The molecule has 0 saturated carbocycles. The molecule has 26 heavy (non-hydrogen) atoms. The molecule has 0 unspecified atom stereocenters. The summed E-state index contributed by atoms with van der Waals surface area (Å²) in [6, 6.07) is 7.81. The molecule has 1 aliphatic rings. The van der Waals surface area contributed by atoms with Gasteiger partial charge in [-0.3, -0.25) is 24.5 Å². The van der Waals surface area contributed by atoms with Crippen molar-refractivity contribution in [2.45, 2.75) is 39.3 Å². The molecule has 1 N–H and O–H groups in total. The summed E-state index contributed by atoms with van der Waals surface area (Å²) in [6.07, 6.45) is 5.12. The zero-order valence-corrected chi connectivity index (χ0v) is 14.9. The molecule has 1 aromatic heterocycles. The molecule has 8 nitrogen and oxygen atoms in total. The number of likely N-dealkylation sites (tertiary alicyclic amines) is 1. The maximum atomic E-state index is 12.1. The van der Waals surface area contributed by atoms with E-state index in [1.807, 2.05) is 24.3 Å². The topological polar surface area (TPSA) is 93.3 Å². The van der Waals surface area contributed by atoms with Crippen molar-refractivity contribution in [1.29, 1.82) is 0 Å². The Labute approximate surface area is 151 Å². The van der Waals surface area contributed by atoms with E-state index in [2.05, 4.69) is 15.3 Å². The Bertz CT molecular complexity index is 779. The van der Waals surface area contributed by atoms with Crippen LogP contribution in [0.5, 0.6) is 0 Å². The molecule has 138 valence electrons. The third-order valence-electron chi connectivity index (χ3n) is 4.52. The van der Waals surface area contributed by atoms with Crippen LogP contribution in [-0.4, -0.2) is 38.6 Å². The number of piperidine rings is 1. The Balaban J connectivity index is 1.54. The highest BCUT2D eigenvalue weighted by atomic mass is 16.6. The average Bonchev–Trinajstić information content (AvgIpc) is 2.98. The number of carbonyl (C=O) groups is 1. The third-order valence-corrected chi connectivity index (χ3v) is 4.52. The number of amides is 1. The van der Waals surface area contributed by atoms with Crippen LogP contribution in [0.25, 0.3) is 0 Å². The molecular weight excluding hydrogens is 334 g/mol. The second-order valence-corrected chi connectivity index (χ2v) is 6.64. The van der Waals surface area contributed by atoms with Gasteiger partial charge in [-0.05, 0) is 50.6 Å².